The van der Waals surface area contributed by atoms with Gasteiger partial charge in [-0.1, -0.05) is 35.7 Å². The molecule has 1 aromatic carbocycles. The summed E-state index contributed by atoms with van der Waals surface area (Å²) < 4.78 is 0. The summed E-state index contributed by atoms with van der Waals surface area (Å²) in [5.74, 6) is 0.452. The predicted octanol–water partition coefficient (Wildman–Crippen LogP) is 3.47. The highest BCUT2D eigenvalue weighted by Gasteiger charge is 2.49. The SMILES string of the molecule is NC[C@H]1CCC[C@H]1C(=O)NC1(c2c(Cl)cccc2Cl)CC1. The number of nitrogens with one attached hydrogen (secondary N) is 1. The van der Waals surface area contributed by atoms with E-state index < -0.39 is 0 Å². The van der Waals surface area contributed by atoms with Crippen molar-refractivity contribution >= 4 is 29.1 Å². The summed E-state index contributed by atoms with van der Waals surface area (Å²) in [5.41, 5.74) is 6.28. The van der Waals surface area contributed by atoms with Crippen LogP contribution in [0.3, 0.4) is 0 Å². The Kier molecular flexibility index (Phi) is 4.17. The topological polar surface area (TPSA) is 55.1 Å². The van der Waals surface area contributed by atoms with E-state index in [1.54, 1.807) is 0 Å². The summed E-state index contributed by atoms with van der Waals surface area (Å²) in [6.07, 6.45) is 4.85. The van der Waals surface area contributed by atoms with Gasteiger partial charge in [0.2, 0.25) is 5.91 Å². The molecule has 2 saturated carbocycles. The second-order valence-electron chi connectivity index (χ2n) is 6.20. The zero-order valence-corrected chi connectivity index (χ0v) is 13.4. The number of carbonyl (C=O) groups is 1. The Bertz CT molecular complexity index is 537. The van der Waals surface area contributed by atoms with E-state index in [0.717, 1.165) is 37.7 Å². The average molecular weight is 327 g/mol. The molecule has 3 N–H and O–H groups in total. The van der Waals surface area contributed by atoms with Gasteiger partial charge in [-0.3, -0.25) is 4.79 Å². The van der Waals surface area contributed by atoms with Crippen molar-refractivity contribution in [1.29, 1.82) is 0 Å². The van der Waals surface area contributed by atoms with Gasteiger partial charge >= 0.3 is 0 Å². The molecule has 1 amide bonds. The molecule has 0 aliphatic heterocycles. The van der Waals surface area contributed by atoms with Crippen LogP contribution in [0.25, 0.3) is 0 Å². The fourth-order valence-corrected chi connectivity index (χ4v) is 4.27. The molecule has 2 aliphatic carbocycles. The van der Waals surface area contributed by atoms with Gasteiger partial charge in [-0.25, -0.2) is 0 Å². The lowest BCUT2D eigenvalue weighted by molar-refractivity contribution is -0.127. The highest BCUT2D eigenvalue weighted by molar-refractivity contribution is 6.36. The fourth-order valence-electron chi connectivity index (χ4n) is 3.51. The van der Waals surface area contributed by atoms with Gasteiger partial charge in [-0.2, -0.15) is 0 Å². The van der Waals surface area contributed by atoms with Gasteiger partial charge in [0, 0.05) is 21.5 Å². The number of nitrogens with two attached hydrogens (primary N) is 1. The maximum atomic E-state index is 12.6. The predicted molar refractivity (Wildman–Crippen MR) is 85.4 cm³/mol. The van der Waals surface area contributed by atoms with E-state index in [0.29, 0.717) is 22.5 Å². The molecular weight excluding hydrogens is 307 g/mol. The van der Waals surface area contributed by atoms with E-state index in [1.165, 1.54) is 0 Å². The maximum absolute atomic E-state index is 12.6. The van der Waals surface area contributed by atoms with Crippen LogP contribution in [-0.4, -0.2) is 12.5 Å². The van der Waals surface area contributed by atoms with Gasteiger partial charge < -0.3 is 11.1 Å². The number of halogens is 2. The second kappa shape index (κ2) is 5.79. The molecule has 0 saturated heterocycles. The Morgan fingerprint density at radius 2 is 1.95 bits per heavy atom. The van der Waals surface area contributed by atoms with Crippen molar-refractivity contribution in [2.24, 2.45) is 17.6 Å². The van der Waals surface area contributed by atoms with Gasteiger partial charge in [0.05, 0.1) is 5.54 Å². The molecule has 0 bridgehead atoms. The molecule has 0 spiro atoms. The molecule has 3 nitrogen and oxygen atoms in total. The van der Waals surface area contributed by atoms with E-state index in [9.17, 15) is 4.79 Å². The largest absolute Gasteiger partial charge is 0.346 e. The molecule has 0 heterocycles. The maximum Gasteiger partial charge on any atom is 0.224 e. The zero-order valence-electron chi connectivity index (χ0n) is 11.9. The highest BCUT2D eigenvalue weighted by atomic mass is 35.5. The number of benzene rings is 1. The van der Waals surface area contributed by atoms with Crippen molar-refractivity contribution in [1.82, 2.24) is 5.32 Å². The number of rotatable bonds is 4. The molecule has 1 aromatic rings. The van der Waals surface area contributed by atoms with Crippen molar-refractivity contribution < 1.29 is 4.79 Å². The molecular formula is C16H20Cl2N2O. The third-order valence-corrected chi connectivity index (χ3v) is 5.48. The van der Waals surface area contributed by atoms with Gasteiger partial charge in [0.1, 0.15) is 0 Å². The lowest BCUT2D eigenvalue weighted by Gasteiger charge is -2.24. The third kappa shape index (κ3) is 2.79. The molecule has 0 aromatic heterocycles. The Hall–Kier alpha value is -0.770. The normalized spacial score (nSPS) is 26.6. The summed E-state index contributed by atoms with van der Waals surface area (Å²) >= 11 is 12.6. The van der Waals surface area contributed by atoms with Crippen molar-refractivity contribution in [3.05, 3.63) is 33.8 Å². The molecule has 21 heavy (non-hydrogen) atoms. The molecule has 114 valence electrons. The average Bonchev–Trinajstić information content (AvgIpc) is 3.04. The van der Waals surface area contributed by atoms with Crippen LogP contribution in [0.15, 0.2) is 18.2 Å². The number of hydrogen-bond donors (Lipinski definition) is 2. The molecule has 2 fully saturated rings. The van der Waals surface area contributed by atoms with Crippen LogP contribution in [0.4, 0.5) is 0 Å². The summed E-state index contributed by atoms with van der Waals surface area (Å²) in [6, 6.07) is 5.48. The molecule has 5 heteroatoms. The van der Waals surface area contributed by atoms with Gasteiger partial charge in [-0.15, -0.1) is 0 Å². The minimum Gasteiger partial charge on any atom is -0.346 e. The first-order chi connectivity index (χ1) is 10.1. The van der Waals surface area contributed by atoms with E-state index in [-0.39, 0.29) is 17.4 Å². The molecule has 2 atom stereocenters. The van der Waals surface area contributed by atoms with Crippen LogP contribution in [0, 0.1) is 11.8 Å². The van der Waals surface area contributed by atoms with Crippen LogP contribution < -0.4 is 11.1 Å². The van der Waals surface area contributed by atoms with E-state index in [1.807, 2.05) is 18.2 Å². The van der Waals surface area contributed by atoms with E-state index in [4.69, 9.17) is 28.9 Å². The standard InChI is InChI=1S/C16H20Cl2N2O/c17-12-5-2-6-13(18)14(12)16(7-8-16)20-15(21)11-4-1-3-10(11)9-19/h2,5-6,10-11H,1,3-4,7-9,19H2,(H,20,21)/t10-,11-/m1/s1. The van der Waals surface area contributed by atoms with Crippen molar-refractivity contribution in [2.45, 2.75) is 37.6 Å². The Morgan fingerprint density at radius 1 is 1.29 bits per heavy atom. The van der Waals surface area contributed by atoms with Crippen molar-refractivity contribution in [2.75, 3.05) is 6.54 Å². The molecule has 0 radical (unpaired) electrons. The Morgan fingerprint density at radius 3 is 2.52 bits per heavy atom. The monoisotopic (exact) mass is 326 g/mol. The smallest absolute Gasteiger partial charge is 0.224 e. The van der Waals surface area contributed by atoms with Crippen LogP contribution in [0.1, 0.15) is 37.7 Å². The minimum atomic E-state index is -0.367. The van der Waals surface area contributed by atoms with Gasteiger partial charge in [-0.05, 0) is 50.3 Å². The summed E-state index contributed by atoms with van der Waals surface area (Å²) in [7, 11) is 0. The van der Waals surface area contributed by atoms with Crippen LogP contribution in [-0.2, 0) is 10.3 Å². The summed E-state index contributed by atoms with van der Waals surface area (Å²) in [5, 5.41) is 4.46. The van der Waals surface area contributed by atoms with E-state index in [2.05, 4.69) is 5.32 Å². The summed E-state index contributed by atoms with van der Waals surface area (Å²) in [4.78, 5) is 12.6. The molecule has 0 unspecified atom stereocenters. The first kappa shape index (κ1) is 15.1. The zero-order chi connectivity index (χ0) is 15.0. The number of carbonyl (C=O) groups excluding carboxylic acids is 1. The Balaban J connectivity index is 1.79. The lowest BCUT2D eigenvalue weighted by atomic mass is 9.94. The quantitative estimate of drug-likeness (QED) is 0.890. The molecule has 3 rings (SSSR count). The highest BCUT2D eigenvalue weighted by Crippen LogP contribution is 2.51. The van der Waals surface area contributed by atoms with Crippen molar-refractivity contribution in [3.63, 3.8) is 0 Å². The second-order valence-corrected chi connectivity index (χ2v) is 7.02. The van der Waals surface area contributed by atoms with Crippen LogP contribution in [0.5, 0.6) is 0 Å². The first-order valence-corrected chi connectivity index (χ1v) is 8.29. The van der Waals surface area contributed by atoms with Gasteiger partial charge in [0.15, 0.2) is 0 Å². The molecule has 2 aliphatic rings. The number of amides is 1. The first-order valence-electron chi connectivity index (χ1n) is 7.54. The minimum absolute atomic E-state index is 0.0359. The lowest BCUT2D eigenvalue weighted by Crippen LogP contribution is -2.41. The fraction of sp³-hybridized carbons (Fsp3) is 0.562. The van der Waals surface area contributed by atoms with Crippen molar-refractivity contribution in [3.8, 4) is 0 Å². The number of hydrogen-bond acceptors (Lipinski definition) is 2. The van der Waals surface area contributed by atoms with Crippen LogP contribution in [0.2, 0.25) is 10.0 Å². The van der Waals surface area contributed by atoms with Gasteiger partial charge in [0.25, 0.3) is 0 Å². The third-order valence-electron chi connectivity index (χ3n) is 4.85. The van der Waals surface area contributed by atoms with E-state index >= 15 is 0 Å². The summed E-state index contributed by atoms with van der Waals surface area (Å²) in [6.45, 7) is 0.581. The Labute approximate surface area is 135 Å². The van der Waals surface area contributed by atoms with Crippen LogP contribution >= 0.6 is 23.2 Å².